The van der Waals surface area contributed by atoms with Gasteiger partial charge in [0.25, 0.3) is 0 Å². The van der Waals surface area contributed by atoms with E-state index in [1.807, 2.05) is 0 Å². The number of rotatable bonds is 6. The maximum atomic E-state index is 11.6. The molecule has 3 amide bonds. The average Bonchev–Trinajstić information content (AvgIpc) is 2.55. The Bertz CT molecular complexity index is 548. The summed E-state index contributed by atoms with van der Waals surface area (Å²) in [5.41, 5.74) is 7.55. The van der Waals surface area contributed by atoms with Crippen LogP contribution in [0.2, 0.25) is 0 Å². The Labute approximate surface area is 144 Å². The van der Waals surface area contributed by atoms with E-state index in [2.05, 4.69) is 48.7 Å². The van der Waals surface area contributed by atoms with Gasteiger partial charge in [-0.1, -0.05) is 57.4 Å². The van der Waals surface area contributed by atoms with Gasteiger partial charge in [-0.2, -0.15) is 0 Å². The van der Waals surface area contributed by atoms with Crippen LogP contribution in [0.4, 0.5) is 4.79 Å². The Kier molecular flexibility index (Phi) is 6.79. The Hall–Kier alpha value is -1.88. The first-order valence-electron chi connectivity index (χ1n) is 8.90. The van der Waals surface area contributed by atoms with Crippen LogP contribution in [0.1, 0.15) is 69.0 Å². The van der Waals surface area contributed by atoms with Crippen molar-refractivity contribution in [1.29, 1.82) is 0 Å². The molecule has 1 fully saturated rings. The summed E-state index contributed by atoms with van der Waals surface area (Å²) in [7, 11) is 0. The summed E-state index contributed by atoms with van der Waals surface area (Å²) in [5, 5.41) is 5.30. The molecule has 0 bridgehead atoms. The van der Waals surface area contributed by atoms with Crippen molar-refractivity contribution in [2.24, 2.45) is 11.7 Å². The number of nitrogens with one attached hydrogen (secondary N) is 2. The molecule has 0 aliphatic heterocycles. The van der Waals surface area contributed by atoms with E-state index in [0.717, 1.165) is 5.56 Å². The van der Waals surface area contributed by atoms with Crippen LogP contribution in [0.15, 0.2) is 24.3 Å². The molecule has 1 atom stereocenters. The van der Waals surface area contributed by atoms with Crippen LogP contribution < -0.4 is 16.4 Å². The number of benzene rings is 1. The van der Waals surface area contributed by atoms with Gasteiger partial charge < -0.3 is 11.1 Å². The second-order valence-corrected chi connectivity index (χ2v) is 7.02. The van der Waals surface area contributed by atoms with Gasteiger partial charge in [0, 0.05) is 6.04 Å². The van der Waals surface area contributed by atoms with E-state index in [0.29, 0.717) is 11.8 Å². The van der Waals surface area contributed by atoms with Crippen molar-refractivity contribution in [3.63, 3.8) is 0 Å². The third kappa shape index (κ3) is 5.34. The van der Waals surface area contributed by atoms with Crippen molar-refractivity contribution in [1.82, 2.24) is 10.6 Å². The van der Waals surface area contributed by atoms with Crippen molar-refractivity contribution in [3.05, 3.63) is 35.4 Å². The normalized spacial score (nSPS) is 16.8. The second kappa shape index (κ2) is 8.83. The highest BCUT2D eigenvalue weighted by molar-refractivity contribution is 5.94. The minimum Gasteiger partial charge on any atom is -0.351 e. The molecule has 5 heteroatoms. The molecule has 0 radical (unpaired) electrons. The number of carbonyl (C=O) groups excluding carboxylic acids is 2. The van der Waals surface area contributed by atoms with Crippen LogP contribution in [-0.2, 0) is 4.79 Å². The Morgan fingerprint density at radius 3 is 2.29 bits per heavy atom. The molecular weight excluding hydrogens is 302 g/mol. The minimum atomic E-state index is -0.820. The van der Waals surface area contributed by atoms with E-state index in [1.54, 1.807) is 0 Å². The number of primary amides is 1. The molecule has 24 heavy (non-hydrogen) atoms. The van der Waals surface area contributed by atoms with Crippen LogP contribution in [-0.4, -0.2) is 18.5 Å². The van der Waals surface area contributed by atoms with Crippen molar-refractivity contribution in [2.45, 2.75) is 57.9 Å². The largest absolute Gasteiger partial charge is 0.351 e. The number of hydrogen-bond acceptors (Lipinski definition) is 3. The van der Waals surface area contributed by atoms with E-state index in [9.17, 15) is 9.59 Å². The van der Waals surface area contributed by atoms with Crippen LogP contribution in [0.3, 0.4) is 0 Å². The van der Waals surface area contributed by atoms with E-state index >= 15 is 0 Å². The van der Waals surface area contributed by atoms with E-state index in [4.69, 9.17) is 5.73 Å². The average molecular weight is 331 g/mol. The lowest BCUT2D eigenvalue weighted by Crippen LogP contribution is -2.42. The molecule has 0 spiro atoms. The number of amides is 3. The lowest BCUT2D eigenvalue weighted by atomic mass is 9.83. The lowest BCUT2D eigenvalue weighted by Gasteiger charge is -2.25. The van der Waals surface area contributed by atoms with Crippen LogP contribution in [0.25, 0.3) is 0 Å². The predicted octanol–water partition coefficient (Wildman–Crippen LogP) is 3.22. The molecule has 2 rings (SSSR count). The number of hydrogen-bond donors (Lipinski definition) is 3. The molecule has 1 aliphatic rings. The summed E-state index contributed by atoms with van der Waals surface area (Å²) >= 11 is 0. The zero-order chi connectivity index (χ0) is 17.5. The van der Waals surface area contributed by atoms with Gasteiger partial charge in [-0.3, -0.25) is 10.1 Å². The molecule has 1 aromatic rings. The fraction of sp³-hybridized carbons (Fsp3) is 0.579. The molecule has 0 heterocycles. The van der Waals surface area contributed by atoms with E-state index < -0.39 is 11.9 Å². The fourth-order valence-corrected chi connectivity index (χ4v) is 3.53. The van der Waals surface area contributed by atoms with Crippen molar-refractivity contribution >= 4 is 11.9 Å². The molecule has 1 aromatic carbocycles. The second-order valence-electron chi connectivity index (χ2n) is 7.02. The van der Waals surface area contributed by atoms with Gasteiger partial charge in [-0.25, -0.2) is 4.79 Å². The summed E-state index contributed by atoms with van der Waals surface area (Å²) in [5.74, 6) is 0.610. The molecule has 1 unspecified atom stereocenters. The van der Waals surface area contributed by atoms with E-state index in [-0.39, 0.29) is 12.6 Å². The van der Waals surface area contributed by atoms with Gasteiger partial charge in [0.1, 0.15) is 0 Å². The first kappa shape index (κ1) is 18.5. The van der Waals surface area contributed by atoms with Gasteiger partial charge in [0.05, 0.1) is 6.54 Å². The van der Waals surface area contributed by atoms with Crippen molar-refractivity contribution < 1.29 is 9.59 Å². The lowest BCUT2D eigenvalue weighted by molar-refractivity contribution is -0.119. The molecule has 1 saturated carbocycles. The Morgan fingerprint density at radius 2 is 1.75 bits per heavy atom. The monoisotopic (exact) mass is 331 g/mol. The quantitative estimate of drug-likeness (QED) is 0.748. The number of carbonyl (C=O) groups is 2. The number of urea groups is 1. The molecule has 0 aromatic heterocycles. The van der Waals surface area contributed by atoms with E-state index in [1.165, 1.54) is 37.7 Å². The minimum absolute atomic E-state index is 0.0593. The summed E-state index contributed by atoms with van der Waals surface area (Å²) < 4.78 is 0. The fourth-order valence-electron chi connectivity index (χ4n) is 3.53. The Morgan fingerprint density at radius 1 is 1.12 bits per heavy atom. The highest BCUT2D eigenvalue weighted by Gasteiger charge is 2.19. The highest BCUT2D eigenvalue weighted by atomic mass is 16.2. The summed E-state index contributed by atoms with van der Waals surface area (Å²) in [4.78, 5) is 22.3. The molecule has 5 nitrogen and oxygen atoms in total. The van der Waals surface area contributed by atoms with Gasteiger partial charge in [-0.05, 0) is 35.8 Å². The predicted molar refractivity (Wildman–Crippen MR) is 95.6 cm³/mol. The standard InChI is InChI=1S/C19H29N3O2/c1-13(2)18(21-12-17(23)22-19(20)24)16-10-8-15(9-11-16)14-6-4-3-5-7-14/h8-11,13-14,18,21H,3-7,12H2,1-2H3,(H3,20,22,23,24). The van der Waals surface area contributed by atoms with Crippen LogP contribution in [0.5, 0.6) is 0 Å². The number of imide groups is 1. The van der Waals surface area contributed by atoms with Crippen molar-refractivity contribution in [3.8, 4) is 0 Å². The van der Waals surface area contributed by atoms with Crippen molar-refractivity contribution in [2.75, 3.05) is 6.54 Å². The zero-order valence-corrected chi connectivity index (χ0v) is 14.7. The van der Waals surface area contributed by atoms with Gasteiger partial charge in [-0.15, -0.1) is 0 Å². The first-order chi connectivity index (χ1) is 11.5. The van der Waals surface area contributed by atoms with Gasteiger partial charge >= 0.3 is 6.03 Å². The number of nitrogens with two attached hydrogens (primary N) is 1. The highest BCUT2D eigenvalue weighted by Crippen LogP contribution is 2.33. The Balaban J connectivity index is 1.99. The zero-order valence-electron chi connectivity index (χ0n) is 14.7. The smallest absolute Gasteiger partial charge is 0.318 e. The summed E-state index contributed by atoms with van der Waals surface area (Å²) in [6, 6.07) is 8.02. The van der Waals surface area contributed by atoms with Crippen LogP contribution in [0, 0.1) is 5.92 Å². The summed E-state index contributed by atoms with van der Waals surface area (Å²) in [6.07, 6.45) is 6.60. The topological polar surface area (TPSA) is 84.2 Å². The van der Waals surface area contributed by atoms with Gasteiger partial charge in [0.15, 0.2) is 0 Å². The molecule has 1 aliphatic carbocycles. The first-order valence-corrected chi connectivity index (χ1v) is 8.90. The molecule has 132 valence electrons. The SMILES string of the molecule is CC(C)C(NCC(=O)NC(N)=O)c1ccc(C2CCCCC2)cc1. The molecular formula is C19H29N3O2. The third-order valence-corrected chi connectivity index (χ3v) is 4.78. The third-order valence-electron chi connectivity index (χ3n) is 4.78. The molecule has 4 N–H and O–H groups in total. The van der Waals surface area contributed by atoms with Crippen LogP contribution >= 0.6 is 0 Å². The molecule has 0 saturated heterocycles. The maximum Gasteiger partial charge on any atom is 0.318 e. The maximum absolute atomic E-state index is 11.6. The summed E-state index contributed by atoms with van der Waals surface area (Å²) in [6.45, 7) is 4.29. The van der Waals surface area contributed by atoms with Gasteiger partial charge in [0.2, 0.25) is 5.91 Å².